The van der Waals surface area contributed by atoms with Gasteiger partial charge in [-0.1, -0.05) is 0 Å². The van der Waals surface area contributed by atoms with Gasteiger partial charge in [0.25, 0.3) is 5.56 Å². The number of hydrogen-bond donors (Lipinski definition) is 1. The first-order chi connectivity index (χ1) is 8.66. The van der Waals surface area contributed by atoms with Crippen LogP contribution in [-0.4, -0.2) is 14.5 Å². The van der Waals surface area contributed by atoms with Gasteiger partial charge in [-0.3, -0.25) is 4.79 Å². The van der Waals surface area contributed by atoms with Crippen molar-refractivity contribution in [1.82, 2.24) is 14.5 Å². The Morgan fingerprint density at radius 1 is 1.44 bits per heavy atom. The molecular weight excluding hydrogens is 248 g/mol. The molecule has 0 aliphatic carbocycles. The maximum Gasteiger partial charge on any atom is 0.261 e. The molecule has 3 heterocycles. The molecule has 18 heavy (non-hydrogen) atoms. The standard InChI is InChI=1S/C12H10N4OS/c1-16-4-2-7-6-8(11-14-3-5-18-11)15-10(13)9(7)12(16)17/h2-6H,1H3,(H2,13,15). The first-order valence-corrected chi connectivity index (χ1v) is 6.20. The quantitative estimate of drug-likeness (QED) is 0.720. The molecule has 0 bridgehead atoms. The van der Waals surface area contributed by atoms with Crippen LogP contribution in [0.4, 0.5) is 5.82 Å². The summed E-state index contributed by atoms with van der Waals surface area (Å²) in [6.45, 7) is 0. The Labute approximate surface area is 107 Å². The average Bonchev–Trinajstić information content (AvgIpc) is 2.87. The molecule has 0 aliphatic rings. The first-order valence-electron chi connectivity index (χ1n) is 5.32. The third kappa shape index (κ3) is 1.58. The van der Waals surface area contributed by atoms with Crippen molar-refractivity contribution in [2.24, 2.45) is 7.05 Å². The third-order valence-electron chi connectivity index (χ3n) is 2.74. The van der Waals surface area contributed by atoms with Gasteiger partial charge in [0.1, 0.15) is 16.5 Å². The molecule has 3 aromatic heterocycles. The SMILES string of the molecule is Cn1ccc2cc(-c3nccs3)nc(N)c2c1=O. The zero-order valence-electron chi connectivity index (χ0n) is 9.62. The lowest BCUT2D eigenvalue weighted by atomic mass is 10.2. The number of rotatable bonds is 1. The Balaban J connectivity index is 2.36. The highest BCUT2D eigenvalue weighted by Gasteiger charge is 2.10. The van der Waals surface area contributed by atoms with Crippen LogP contribution in [0.15, 0.2) is 34.7 Å². The number of anilines is 1. The van der Waals surface area contributed by atoms with Crippen LogP contribution >= 0.6 is 11.3 Å². The molecule has 0 unspecified atom stereocenters. The Hall–Kier alpha value is -2.21. The normalized spacial score (nSPS) is 10.9. The summed E-state index contributed by atoms with van der Waals surface area (Å²) in [5, 5.41) is 3.92. The van der Waals surface area contributed by atoms with E-state index < -0.39 is 0 Å². The second-order valence-electron chi connectivity index (χ2n) is 3.93. The summed E-state index contributed by atoms with van der Waals surface area (Å²) >= 11 is 1.49. The molecule has 5 nitrogen and oxygen atoms in total. The first kappa shape index (κ1) is 10.9. The maximum absolute atomic E-state index is 12.0. The summed E-state index contributed by atoms with van der Waals surface area (Å²) in [6, 6.07) is 3.69. The Bertz CT molecular complexity index is 777. The van der Waals surface area contributed by atoms with Crippen LogP contribution in [0.25, 0.3) is 21.5 Å². The molecule has 2 N–H and O–H groups in total. The lowest BCUT2D eigenvalue weighted by Crippen LogP contribution is -2.17. The molecule has 0 saturated heterocycles. The van der Waals surface area contributed by atoms with E-state index in [1.165, 1.54) is 15.9 Å². The second-order valence-corrected chi connectivity index (χ2v) is 4.82. The molecule has 6 heteroatoms. The van der Waals surface area contributed by atoms with Crippen molar-refractivity contribution in [3.63, 3.8) is 0 Å². The minimum atomic E-state index is -0.136. The highest BCUT2D eigenvalue weighted by Crippen LogP contribution is 2.25. The van der Waals surface area contributed by atoms with Crippen LogP contribution < -0.4 is 11.3 Å². The number of nitrogens with two attached hydrogens (primary N) is 1. The van der Waals surface area contributed by atoms with Gasteiger partial charge in [0.05, 0.1) is 5.39 Å². The average molecular weight is 258 g/mol. The van der Waals surface area contributed by atoms with E-state index in [1.54, 1.807) is 19.4 Å². The van der Waals surface area contributed by atoms with Gasteiger partial charge < -0.3 is 10.3 Å². The summed E-state index contributed by atoms with van der Waals surface area (Å²) in [6.07, 6.45) is 3.43. The Morgan fingerprint density at radius 2 is 2.28 bits per heavy atom. The van der Waals surface area contributed by atoms with Crippen molar-refractivity contribution in [2.75, 3.05) is 5.73 Å². The molecule has 0 radical (unpaired) electrons. The van der Waals surface area contributed by atoms with E-state index in [0.29, 0.717) is 11.1 Å². The number of pyridine rings is 2. The molecular formula is C12H10N4OS. The number of hydrogen-bond acceptors (Lipinski definition) is 5. The van der Waals surface area contributed by atoms with E-state index in [0.717, 1.165) is 10.4 Å². The topological polar surface area (TPSA) is 73.8 Å². The van der Waals surface area contributed by atoms with Crippen molar-refractivity contribution < 1.29 is 0 Å². The molecule has 0 amide bonds. The fraction of sp³-hybridized carbons (Fsp3) is 0.0833. The Kier molecular flexibility index (Phi) is 2.38. The van der Waals surface area contributed by atoms with Gasteiger partial charge in [0, 0.05) is 24.8 Å². The highest BCUT2D eigenvalue weighted by atomic mass is 32.1. The second kappa shape index (κ2) is 3.92. The number of nitrogen functional groups attached to an aromatic ring is 1. The fourth-order valence-electron chi connectivity index (χ4n) is 1.85. The van der Waals surface area contributed by atoms with E-state index in [2.05, 4.69) is 9.97 Å². The number of aromatic nitrogens is 3. The van der Waals surface area contributed by atoms with Crippen LogP contribution in [0.5, 0.6) is 0 Å². The molecule has 0 spiro atoms. The number of thiazole rings is 1. The summed E-state index contributed by atoms with van der Waals surface area (Å²) in [7, 11) is 1.69. The highest BCUT2D eigenvalue weighted by molar-refractivity contribution is 7.13. The molecule has 0 aromatic carbocycles. The van der Waals surface area contributed by atoms with Crippen LogP contribution in [0.3, 0.4) is 0 Å². The molecule has 0 aliphatic heterocycles. The Morgan fingerprint density at radius 3 is 3.00 bits per heavy atom. The minimum absolute atomic E-state index is 0.136. The van der Waals surface area contributed by atoms with Crippen molar-refractivity contribution >= 4 is 27.9 Å². The number of nitrogens with zero attached hydrogens (tertiary/aromatic N) is 3. The zero-order valence-corrected chi connectivity index (χ0v) is 10.4. The van der Waals surface area contributed by atoms with Crippen LogP contribution in [0.1, 0.15) is 0 Å². The maximum atomic E-state index is 12.0. The zero-order chi connectivity index (χ0) is 12.7. The van der Waals surface area contributed by atoms with Crippen LogP contribution in [0.2, 0.25) is 0 Å². The van der Waals surface area contributed by atoms with Gasteiger partial charge >= 0.3 is 0 Å². The summed E-state index contributed by atoms with van der Waals surface area (Å²) in [5.74, 6) is 0.249. The molecule has 3 aromatic rings. The smallest absolute Gasteiger partial charge is 0.261 e. The van der Waals surface area contributed by atoms with Crippen molar-refractivity contribution in [1.29, 1.82) is 0 Å². The molecule has 0 atom stereocenters. The van der Waals surface area contributed by atoms with Crippen molar-refractivity contribution in [3.8, 4) is 10.7 Å². The van der Waals surface area contributed by atoms with E-state index >= 15 is 0 Å². The van der Waals surface area contributed by atoms with E-state index in [-0.39, 0.29) is 11.4 Å². The molecule has 3 rings (SSSR count). The van der Waals surface area contributed by atoms with Gasteiger partial charge in [0.15, 0.2) is 0 Å². The predicted octanol–water partition coefficient (Wildman–Crippen LogP) is 1.64. The van der Waals surface area contributed by atoms with E-state index in [4.69, 9.17) is 5.73 Å². The van der Waals surface area contributed by atoms with Crippen LogP contribution in [0, 0.1) is 0 Å². The minimum Gasteiger partial charge on any atom is -0.383 e. The fourth-order valence-corrected chi connectivity index (χ4v) is 2.44. The van der Waals surface area contributed by atoms with E-state index in [1.807, 2.05) is 17.5 Å². The van der Waals surface area contributed by atoms with Gasteiger partial charge in [-0.2, -0.15) is 0 Å². The van der Waals surface area contributed by atoms with Crippen molar-refractivity contribution in [2.45, 2.75) is 0 Å². The summed E-state index contributed by atoms with van der Waals surface area (Å²) in [4.78, 5) is 20.4. The van der Waals surface area contributed by atoms with Gasteiger partial charge in [-0.05, 0) is 17.5 Å². The summed E-state index contributed by atoms with van der Waals surface area (Å²) < 4.78 is 1.49. The van der Waals surface area contributed by atoms with Crippen molar-refractivity contribution in [3.05, 3.63) is 40.3 Å². The number of fused-ring (bicyclic) bond motifs is 1. The summed E-state index contributed by atoms with van der Waals surface area (Å²) in [5.41, 5.74) is 6.45. The third-order valence-corrected chi connectivity index (χ3v) is 3.54. The molecule has 0 saturated carbocycles. The lowest BCUT2D eigenvalue weighted by molar-refractivity contribution is 0.873. The lowest BCUT2D eigenvalue weighted by Gasteiger charge is -2.05. The van der Waals surface area contributed by atoms with E-state index in [9.17, 15) is 4.79 Å². The number of aryl methyl sites for hydroxylation is 1. The molecule has 90 valence electrons. The van der Waals surface area contributed by atoms with Gasteiger partial charge in [0.2, 0.25) is 0 Å². The van der Waals surface area contributed by atoms with Gasteiger partial charge in [-0.15, -0.1) is 11.3 Å². The largest absolute Gasteiger partial charge is 0.383 e. The van der Waals surface area contributed by atoms with Crippen LogP contribution in [-0.2, 0) is 7.05 Å². The predicted molar refractivity (Wildman–Crippen MR) is 72.5 cm³/mol. The van der Waals surface area contributed by atoms with Gasteiger partial charge in [-0.25, -0.2) is 9.97 Å². The monoisotopic (exact) mass is 258 g/mol. The molecule has 0 fully saturated rings.